The first-order valence-electron chi connectivity index (χ1n) is 7.79. The maximum Gasteiger partial charge on any atom is 0.276 e. The number of para-hydroxylation sites is 1. The molecule has 3 atom stereocenters. The molecule has 0 saturated carbocycles. The summed E-state index contributed by atoms with van der Waals surface area (Å²) in [6.45, 7) is 4.33. The Bertz CT molecular complexity index is 680. The predicted octanol–water partition coefficient (Wildman–Crippen LogP) is 2.22. The Hall–Kier alpha value is -1.88. The number of hydrogen-bond acceptors (Lipinski definition) is 3. The standard InChI is InChI=1S/C16H20N4O/c1-2-5-14-19-9-8-11(10-19)20(14)16(21)15-12-6-3-4-7-13(12)17-18-15/h3-4,6-7,11,14H,2,5,8-10H2,1H3,(H,17,18)/t11?,14-/m1/s1. The normalized spacial score (nSPS) is 27.7. The lowest BCUT2D eigenvalue weighted by Crippen LogP contribution is -2.48. The van der Waals surface area contributed by atoms with Crippen LogP contribution in [0.2, 0.25) is 0 Å². The maximum atomic E-state index is 13.0. The van der Waals surface area contributed by atoms with Crippen LogP contribution in [0.1, 0.15) is 36.7 Å². The van der Waals surface area contributed by atoms with Crippen molar-refractivity contribution in [3.63, 3.8) is 0 Å². The van der Waals surface area contributed by atoms with Crippen molar-refractivity contribution in [3.05, 3.63) is 30.0 Å². The Kier molecular flexibility index (Phi) is 2.96. The number of fused-ring (bicyclic) bond motifs is 3. The lowest BCUT2D eigenvalue weighted by molar-refractivity contribution is 0.0442. The first-order chi connectivity index (χ1) is 10.3. The van der Waals surface area contributed by atoms with Gasteiger partial charge in [-0.2, -0.15) is 5.10 Å². The zero-order chi connectivity index (χ0) is 14.4. The van der Waals surface area contributed by atoms with E-state index >= 15 is 0 Å². The molecule has 0 aliphatic carbocycles. The second-order valence-corrected chi connectivity index (χ2v) is 6.04. The summed E-state index contributed by atoms with van der Waals surface area (Å²) in [6, 6.07) is 8.21. The number of H-pyrrole nitrogens is 1. The quantitative estimate of drug-likeness (QED) is 0.940. The fourth-order valence-corrected chi connectivity index (χ4v) is 3.81. The van der Waals surface area contributed by atoms with Crippen LogP contribution in [0.25, 0.3) is 10.9 Å². The van der Waals surface area contributed by atoms with Crippen molar-refractivity contribution in [2.24, 2.45) is 0 Å². The minimum Gasteiger partial charge on any atom is -0.317 e. The van der Waals surface area contributed by atoms with Gasteiger partial charge in [-0.3, -0.25) is 14.8 Å². The third-order valence-corrected chi connectivity index (χ3v) is 4.79. The van der Waals surface area contributed by atoms with Crippen molar-refractivity contribution in [2.45, 2.75) is 38.4 Å². The van der Waals surface area contributed by atoms with E-state index in [4.69, 9.17) is 0 Å². The topological polar surface area (TPSA) is 52.2 Å². The number of nitrogens with zero attached hydrogens (tertiary/aromatic N) is 3. The average Bonchev–Trinajstić information content (AvgIpc) is 3.21. The second-order valence-electron chi connectivity index (χ2n) is 6.04. The van der Waals surface area contributed by atoms with Gasteiger partial charge in [0.25, 0.3) is 5.91 Å². The highest BCUT2D eigenvalue weighted by Gasteiger charge is 2.46. The number of benzene rings is 1. The molecule has 2 aliphatic heterocycles. The van der Waals surface area contributed by atoms with Crippen molar-refractivity contribution in [2.75, 3.05) is 13.1 Å². The molecule has 2 unspecified atom stereocenters. The summed E-state index contributed by atoms with van der Waals surface area (Å²) in [7, 11) is 0. The second kappa shape index (κ2) is 4.84. The van der Waals surface area contributed by atoms with E-state index in [9.17, 15) is 4.79 Å². The molecule has 5 nitrogen and oxygen atoms in total. The van der Waals surface area contributed by atoms with E-state index in [0.717, 1.165) is 43.3 Å². The average molecular weight is 284 g/mol. The molecule has 110 valence electrons. The van der Waals surface area contributed by atoms with Crippen LogP contribution in [0.5, 0.6) is 0 Å². The molecule has 5 heteroatoms. The van der Waals surface area contributed by atoms with Gasteiger partial charge in [0.05, 0.1) is 11.7 Å². The fraction of sp³-hybridized carbons (Fsp3) is 0.500. The summed E-state index contributed by atoms with van der Waals surface area (Å²) in [4.78, 5) is 17.5. The zero-order valence-corrected chi connectivity index (χ0v) is 12.2. The minimum atomic E-state index is 0.0816. The van der Waals surface area contributed by atoms with Crippen LogP contribution >= 0.6 is 0 Å². The Morgan fingerprint density at radius 3 is 3.14 bits per heavy atom. The third-order valence-electron chi connectivity index (χ3n) is 4.79. The molecular weight excluding hydrogens is 264 g/mol. The molecule has 1 N–H and O–H groups in total. The molecule has 2 fully saturated rings. The van der Waals surface area contributed by atoms with Crippen LogP contribution in [0.15, 0.2) is 24.3 Å². The van der Waals surface area contributed by atoms with E-state index in [2.05, 4.69) is 26.9 Å². The molecule has 2 saturated heterocycles. The highest BCUT2D eigenvalue weighted by Crippen LogP contribution is 2.34. The molecular formula is C16H20N4O. The Balaban J connectivity index is 1.70. The zero-order valence-electron chi connectivity index (χ0n) is 12.2. The molecule has 1 aromatic heterocycles. The number of carbonyl (C=O) groups is 1. The minimum absolute atomic E-state index is 0.0816. The molecule has 2 aromatic rings. The van der Waals surface area contributed by atoms with Crippen LogP contribution in [0.3, 0.4) is 0 Å². The van der Waals surface area contributed by atoms with Crippen LogP contribution < -0.4 is 0 Å². The monoisotopic (exact) mass is 284 g/mol. The molecule has 2 aliphatic rings. The van der Waals surface area contributed by atoms with Gasteiger partial charge in [-0.15, -0.1) is 0 Å². The van der Waals surface area contributed by atoms with Gasteiger partial charge >= 0.3 is 0 Å². The summed E-state index contributed by atoms with van der Waals surface area (Å²) < 4.78 is 0. The van der Waals surface area contributed by atoms with Gasteiger partial charge in [0, 0.05) is 24.5 Å². The molecule has 0 spiro atoms. The number of rotatable bonds is 3. The molecule has 21 heavy (non-hydrogen) atoms. The van der Waals surface area contributed by atoms with Gasteiger partial charge in [-0.1, -0.05) is 31.5 Å². The summed E-state index contributed by atoms with van der Waals surface area (Å²) in [6.07, 6.45) is 3.49. The van der Waals surface area contributed by atoms with Gasteiger partial charge in [-0.05, 0) is 18.9 Å². The summed E-state index contributed by atoms with van der Waals surface area (Å²) in [5, 5.41) is 8.18. The van der Waals surface area contributed by atoms with Crippen LogP contribution in [0, 0.1) is 0 Å². The van der Waals surface area contributed by atoms with Crippen molar-refractivity contribution in [1.82, 2.24) is 20.0 Å². The van der Waals surface area contributed by atoms with Gasteiger partial charge < -0.3 is 4.90 Å². The Labute approximate surface area is 123 Å². The smallest absolute Gasteiger partial charge is 0.276 e. The van der Waals surface area contributed by atoms with Gasteiger partial charge in [0.1, 0.15) is 0 Å². The van der Waals surface area contributed by atoms with Gasteiger partial charge in [0.15, 0.2) is 5.69 Å². The first-order valence-corrected chi connectivity index (χ1v) is 7.79. The van der Waals surface area contributed by atoms with Gasteiger partial charge in [-0.25, -0.2) is 0 Å². The van der Waals surface area contributed by atoms with E-state index < -0.39 is 0 Å². The van der Waals surface area contributed by atoms with E-state index in [1.165, 1.54) is 0 Å². The van der Waals surface area contributed by atoms with E-state index in [-0.39, 0.29) is 12.1 Å². The SMILES string of the molecule is CCC[C@@H]1N2CCC(C2)N1C(=O)c1n[nH]c2ccccc12. The number of carbonyl (C=O) groups excluding carboxylic acids is 1. The Morgan fingerprint density at radius 1 is 1.43 bits per heavy atom. The lowest BCUT2D eigenvalue weighted by Gasteiger charge is -2.35. The lowest BCUT2D eigenvalue weighted by atomic mass is 10.1. The number of aromatic amines is 1. The van der Waals surface area contributed by atoms with Crippen molar-refractivity contribution < 1.29 is 4.79 Å². The largest absolute Gasteiger partial charge is 0.317 e. The highest BCUT2D eigenvalue weighted by atomic mass is 16.2. The van der Waals surface area contributed by atoms with Gasteiger partial charge in [0.2, 0.25) is 0 Å². The number of aromatic nitrogens is 2. The van der Waals surface area contributed by atoms with Crippen molar-refractivity contribution in [1.29, 1.82) is 0 Å². The van der Waals surface area contributed by atoms with Crippen molar-refractivity contribution >= 4 is 16.8 Å². The summed E-state index contributed by atoms with van der Waals surface area (Å²) in [5.41, 5.74) is 1.50. The number of nitrogens with one attached hydrogen (secondary N) is 1. The number of amides is 1. The Morgan fingerprint density at radius 2 is 2.29 bits per heavy atom. The van der Waals surface area contributed by atoms with E-state index in [1.54, 1.807) is 0 Å². The molecule has 0 radical (unpaired) electrons. The van der Waals surface area contributed by atoms with E-state index in [0.29, 0.717) is 11.7 Å². The first kappa shape index (κ1) is 12.8. The fourth-order valence-electron chi connectivity index (χ4n) is 3.81. The third kappa shape index (κ3) is 1.87. The molecule has 4 rings (SSSR count). The molecule has 3 heterocycles. The van der Waals surface area contributed by atoms with Crippen LogP contribution in [-0.4, -0.2) is 51.2 Å². The maximum absolute atomic E-state index is 13.0. The highest BCUT2D eigenvalue weighted by molar-refractivity contribution is 6.05. The molecule has 1 amide bonds. The number of hydrogen-bond donors (Lipinski definition) is 1. The van der Waals surface area contributed by atoms with E-state index in [1.807, 2.05) is 24.3 Å². The van der Waals surface area contributed by atoms with Crippen molar-refractivity contribution in [3.8, 4) is 0 Å². The molecule has 2 bridgehead atoms. The molecule has 1 aromatic carbocycles. The summed E-state index contributed by atoms with van der Waals surface area (Å²) >= 11 is 0. The predicted molar refractivity (Wildman–Crippen MR) is 80.9 cm³/mol. The van der Waals surface area contributed by atoms with Crippen LogP contribution in [0.4, 0.5) is 0 Å². The van der Waals surface area contributed by atoms with Crippen LogP contribution in [-0.2, 0) is 0 Å². The summed E-state index contributed by atoms with van der Waals surface area (Å²) in [5.74, 6) is 0.0816.